The smallest absolute Gasteiger partial charge is 0.227 e. The summed E-state index contributed by atoms with van der Waals surface area (Å²) in [6, 6.07) is 1.81. The molecule has 0 aromatic carbocycles. The van der Waals surface area contributed by atoms with Crippen molar-refractivity contribution in [3.8, 4) is 0 Å². The van der Waals surface area contributed by atoms with Gasteiger partial charge in [-0.15, -0.1) is 0 Å². The van der Waals surface area contributed by atoms with Gasteiger partial charge in [-0.2, -0.15) is 5.10 Å². The Hall–Kier alpha value is -1.95. The lowest BCUT2D eigenvalue weighted by atomic mass is 9.81. The lowest BCUT2D eigenvalue weighted by Crippen LogP contribution is -2.29. The van der Waals surface area contributed by atoms with E-state index in [2.05, 4.69) is 20.5 Å². The first-order chi connectivity index (χ1) is 9.78. The van der Waals surface area contributed by atoms with Crippen LogP contribution in [0.5, 0.6) is 0 Å². The van der Waals surface area contributed by atoms with Crippen molar-refractivity contribution in [3.05, 3.63) is 18.5 Å². The Labute approximate surface area is 117 Å². The largest absolute Gasteiger partial charge is 0.330 e. The molecule has 1 saturated carbocycles. The third-order valence-electron chi connectivity index (χ3n) is 4.16. The second kappa shape index (κ2) is 5.58. The van der Waals surface area contributed by atoms with E-state index in [9.17, 15) is 4.79 Å². The first kappa shape index (κ1) is 13.1. The van der Waals surface area contributed by atoms with E-state index in [0.717, 1.165) is 43.3 Å². The van der Waals surface area contributed by atoms with E-state index in [0.29, 0.717) is 11.6 Å². The van der Waals surface area contributed by atoms with Crippen LogP contribution in [0.3, 0.4) is 0 Å². The molecule has 1 aliphatic rings. The number of pyridine rings is 1. The summed E-state index contributed by atoms with van der Waals surface area (Å²) in [7, 11) is 0. The molecule has 3 rings (SSSR count). The second-order valence-electron chi connectivity index (χ2n) is 5.43. The Morgan fingerprint density at radius 2 is 2.20 bits per heavy atom. The van der Waals surface area contributed by atoms with E-state index in [-0.39, 0.29) is 11.8 Å². The quantitative estimate of drug-likeness (QED) is 0.792. The topological polar surface area (TPSA) is 96.7 Å². The Kier molecular flexibility index (Phi) is 3.64. The number of aromatic nitrogens is 3. The zero-order valence-electron chi connectivity index (χ0n) is 11.3. The highest BCUT2D eigenvalue weighted by molar-refractivity contribution is 6.00. The number of nitrogens with one attached hydrogen (secondary N) is 2. The molecule has 106 valence electrons. The van der Waals surface area contributed by atoms with Crippen LogP contribution in [0.1, 0.15) is 25.7 Å². The van der Waals surface area contributed by atoms with Gasteiger partial charge < -0.3 is 11.1 Å². The second-order valence-corrected chi connectivity index (χ2v) is 5.43. The van der Waals surface area contributed by atoms with Crippen LogP contribution in [0.25, 0.3) is 11.0 Å². The maximum absolute atomic E-state index is 12.3. The molecule has 2 heterocycles. The van der Waals surface area contributed by atoms with E-state index < -0.39 is 0 Å². The number of nitrogens with zero attached hydrogens (tertiary/aromatic N) is 2. The predicted octanol–water partition coefficient (Wildman–Crippen LogP) is 1.66. The number of anilines is 1. The standard InChI is InChI=1S/C14H19N5O/c15-7-9-1-3-10(4-2-9)14(20)18-12-5-6-16-13-11(12)8-17-19-13/h5-6,8-10H,1-4,7,15H2,(H2,16,17,18,19,20). The molecule has 0 atom stereocenters. The molecule has 0 aliphatic heterocycles. The molecule has 2 aromatic rings. The number of carbonyl (C=O) groups excluding carboxylic acids is 1. The molecule has 4 N–H and O–H groups in total. The van der Waals surface area contributed by atoms with Gasteiger partial charge in [0.25, 0.3) is 0 Å². The van der Waals surface area contributed by atoms with Gasteiger partial charge in [0.1, 0.15) is 0 Å². The Balaban J connectivity index is 1.69. The van der Waals surface area contributed by atoms with Gasteiger partial charge in [0.2, 0.25) is 5.91 Å². The molecular formula is C14H19N5O. The highest BCUT2D eigenvalue weighted by Crippen LogP contribution is 2.29. The van der Waals surface area contributed by atoms with Crippen LogP contribution in [0, 0.1) is 11.8 Å². The molecular weight excluding hydrogens is 254 g/mol. The summed E-state index contributed by atoms with van der Waals surface area (Å²) in [6.45, 7) is 0.730. The van der Waals surface area contributed by atoms with Gasteiger partial charge in [-0.25, -0.2) is 4.98 Å². The third-order valence-corrected chi connectivity index (χ3v) is 4.16. The fourth-order valence-corrected chi connectivity index (χ4v) is 2.86. The maximum atomic E-state index is 12.3. The molecule has 1 amide bonds. The Morgan fingerprint density at radius 1 is 1.40 bits per heavy atom. The van der Waals surface area contributed by atoms with Gasteiger partial charge in [0.05, 0.1) is 17.3 Å². The molecule has 1 fully saturated rings. The molecule has 0 bridgehead atoms. The summed E-state index contributed by atoms with van der Waals surface area (Å²) in [4.78, 5) is 16.5. The summed E-state index contributed by atoms with van der Waals surface area (Å²) in [6.07, 6.45) is 7.30. The first-order valence-corrected chi connectivity index (χ1v) is 7.07. The minimum atomic E-state index is 0.0907. The van der Waals surface area contributed by atoms with Crippen molar-refractivity contribution in [2.24, 2.45) is 17.6 Å². The van der Waals surface area contributed by atoms with Crippen LogP contribution < -0.4 is 11.1 Å². The van der Waals surface area contributed by atoms with Crippen molar-refractivity contribution >= 4 is 22.6 Å². The minimum absolute atomic E-state index is 0.0907. The van der Waals surface area contributed by atoms with Crippen LogP contribution in [0.4, 0.5) is 5.69 Å². The molecule has 0 saturated heterocycles. The van der Waals surface area contributed by atoms with Crippen LogP contribution >= 0.6 is 0 Å². The van der Waals surface area contributed by atoms with E-state index in [4.69, 9.17) is 5.73 Å². The summed E-state index contributed by atoms with van der Waals surface area (Å²) in [5.41, 5.74) is 7.14. The minimum Gasteiger partial charge on any atom is -0.330 e. The Morgan fingerprint density at radius 3 is 2.95 bits per heavy atom. The fourth-order valence-electron chi connectivity index (χ4n) is 2.86. The molecule has 0 spiro atoms. The SMILES string of the molecule is NCC1CCC(C(=O)Nc2ccnc3[nH]ncc23)CC1. The third kappa shape index (κ3) is 2.51. The molecule has 2 aromatic heterocycles. The molecule has 6 heteroatoms. The fraction of sp³-hybridized carbons (Fsp3) is 0.500. The summed E-state index contributed by atoms with van der Waals surface area (Å²) >= 11 is 0. The number of nitrogens with two attached hydrogens (primary N) is 1. The van der Waals surface area contributed by atoms with Crippen molar-refractivity contribution in [1.29, 1.82) is 0 Å². The maximum Gasteiger partial charge on any atom is 0.227 e. The lowest BCUT2D eigenvalue weighted by Gasteiger charge is -2.26. The van der Waals surface area contributed by atoms with Crippen molar-refractivity contribution < 1.29 is 4.79 Å². The van der Waals surface area contributed by atoms with Gasteiger partial charge in [0.15, 0.2) is 5.65 Å². The van der Waals surface area contributed by atoms with E-state index in [1.165, 1.54) is 0 Å². The van der Waals surface area contributed by atoms with Crippen molar-refractivity contribution in [2.75, 3.05) is 11.9 Å². The zero-order valence-corrected chi connectivity index (χ0v) is 11.3. The highest BCUT2D eigenvalue weighted by Gasteiger charge is 2.25. The average Bonchev–Trinajstić information content (AvgIpc) is 2.97. The van der Waals surface area contributed by atoms with Crippen molar-refractivity contribution in [2.45, 2.75) is 25.7 Å². The number of hydrogen-bond donors (Lipinski definition) is 3. The van der Waals surface area contributed by atoms with Gasteiger partial charge in [-0.1, -0.05) is 0 Å². The summed E-state index contributed by atoms with van der Waals surface area (Å²) in [5.74, 6) is 0.766. The van der Waals surface area contributed by atoms with Crippen LogP contribution in [0.2, 0.25) is 0 Å². The average molecular weight is 273 g/mol. The first-order valence-electron chi connectivity index (χ1n) is 7.07. The van der Waals surface area contributed by atoms with Gasteiger partial charge in [-0.05, 0) is 44.2 Å². The van der Waals surface area contributed by atoms with E-state index in [1.807, 2.05) is 0 Å². The molecule has 6 nitrogen and oxygen atoms in total. The number of fused-ring (bicyclic) bond motifs is 1. The van der Waals surface area contributed by atoms with Crippen molar-refractivity contribution in [1.82, 2.24) is 15.2 Å². The number of aromatic amines is 1. The number of H-pyrrole nitrogens is 1. The lowest BCUT2D eigenvalue weighted by molar-refractivity contribution is -0.121. The predicted molar refractivity (Wildman–Crippen MR) is 77.0 cm³/mol. The monoisotopic (exact) mass is 273 g/mol. The molecule has 1 aliphatic carbocycles. The van der Waals surface area contributed by atoms with E-state index >= 15 is 0 Å². The normalized spacial score (nSPS) is 22.9. The van der Waals surface area contributed by atoms with Gasteiger partial charge in [0, 0.05) is 12.1 Å². The van der Waals surface area contributed by atoms with Crippen LogP contribution in [0.15, 0.2) is 18.5 Å². The van der Waals surface area contributed by atoms with E-state index in [1.54, 1.807) is 18.5 Å². The zero-order chi connectivity index (χ0) is 13.9. The van der Waals surface area contributed by atoms with Gasteiger partial charge >= 0.3 is 0 Å². The number of hydrogen-bond acceptors (Lipinski definition) is 4. The number of carbonyl (C=O) groups is 1. The van der Waals surface area contributed by atoms with Crippen molar-refractivity contribution in [3.63, 3.8) is 0 Å². The molecule has 20 heavy (non-hydrogen) atoms. The summed E-state index contributed by atoms with van der Waals surface area (Å²) in [5, 5.41) is 10.6. The number of rotatable bonds is 3. The van der Waals surface area contributed by atoms with Crippen LogP contribution in [-0.2, 0) is 4.79 Å². The molecule has 0 unspecified atom stereocenters. The Bertz CT molecular complexity index is 600. The molecule has 0 radical (unpaired) electrons. The van der Waals surface area contributed by atoms with Crippen LogP contribution in [-0.4, -0.2) is 27.6 Å². The number of amides is 1. The highest BCUT2D eigenvalue weighted by atomic mass is 16.1. The summed E-state index contributed by atoms with van der Waals surface area (Å²) < 4.78 is 0. The van der Waals surface area contributed by atoms with Gasteiger partial charge in [-0.3, -0.25) is 9.89 Å².